The van der Waals surface area contributed by atoms with Crippen molar-refractivity contribution in [1.82, 2.24) is 5.32 Å². The first-order valence-electron chi connectivity index (χ1n) is 5.66. The third kappa shape index (κ3) is 3.33. The van der Waals surface area contributed by atoms with E-state index in [4.69, 9.17) is 0 Å². The molecule has 7 heteroatoms. The maximum atomic E-state index is 13.7. The van der Waals surface area contributed by atoms with Gasteiger partial charge < -0.3 is 15.0 Å². The maximum Gasteiger partial charge on any atom is 0.340 e. The standard InChI is InChI=1S/C12H14F2N2O2.ClH/c1-18-12(17)8-6-11(10(14)7-9(8)13)16-4-2-15-3-5-16;/h6-7,15H,2-5H2,1H3;1H. The number of piperazine rings is 1. The van der Waals surface area contributed by atoms with Crippen molar-refractivity contribution in [3.8, 4) is 0 Å². The van der Waals surface area contributed by atoms with Gasteiger partial charge in [-0.15, -0.1) is 12.4 Å². The number of hydrogen-bond acceptors (Lipinski definition) is 4. The van der Waals surface area contributed by atoms with Crippen molar-refractivity contribution in [1.29, 1.82) is 0 Å². The molecule has 1 heterocycles. The van der Waals surface area contributed by atoms with Gasteiger partial charge in [-0.05, 0) is 6.07 Å². The Balaban J connectivity index is 0.00000180. The van der Waals surface area contributed by atoms with Crippen molar-refractivity contribution >= 4 is 24.1 Å². The fraction of sp³-hybridized carbons (Fsp3) is 0.417. The van der Waals surface area contributed by atoms with Crippen LogP contribution in [-0.4, -0.2) is 39.3 Å². The molecule has 1 saturated heterocycles. The topological polar surface area (TPSA) is 41.6 Å². The molecule has 0 aromatic heterocycles. The number of halogens is 3. The van der Waals surface area contributed by atoms with Crippen LogP contribution in [0.15, 0.2) is 12.1 Å². The summed E-state index contributed by atoms with van der Waals surface area (Å²) in [5, 5.41) is 3.13. The fourth-order valence-corrected chi connectivity index (χ4v) is 1.95. The van der Waals surface area contributed by atoms with Crippen LogP contribution in [0.25, 0.3) is 0 Å². The summed E-state index contributed by atoms with van der Waals surface area (Å²) in [4.78, 5) is 13.1. The molecule has 4 nitrogen and oxygen atoms in total. The van der Waals surface area contributed by atoms with Gasteiger partial charge >= 0.3 is 5.97 Å². The van der Waals surface area contributed by atoms with Gasteiger partial charge in [0.25, 0.3) is 0 Å². The fourth-order valence-electron chi connectivity index (χ4n) is 1.95. The van der Waals surface area contributed by atoms with Crippen LogP contribution in [0.1, 0.15) is 10.4 Å². The van der Waals surface area contributed by atoms with Gasteiger partial charge in [-0.1, -0.05) is 0 Å². The molecule has 1 fully saturated rings. The second-order valence-electron chi connectivity index (χ2n) is 4.01. The van der Waals surface area contributed by atoms with Crippen molar-refractivity contribution in [2.45, 2.75) is 0 Å². The quantitative estimate of drug-likeness (QED) is 0.841. The van der Waals surface area contributed by atoms with Crippen molar-refractivity contribution < 1.29 is 18.3 Å². The van der Waals surface area contributed by atoms with E-state index in [1.54, 1.807) is 4.90 Å². The van der Waals surface area contributed by atoms with Crippen LogP contribution >= 0.6 is 12.4 Å². The summed E-state index contributed by atoms with van der Waals surface area (Å²) in [5.41, 5.74) is -0.00858. The molecule has 1 aromatic rings. The van der Waals surface area contributed by atoms with Crippen LogP contribution in [-0.2, 0) is 4.74 Å². The molecule has 0 radical (unpaired) electrons. The van der Waals surface area contributed by atoms with Gasteiger partial charge in [0.05, 0.1) is 18.4 Å². The number of nitrogens with one attached hydrogen (secondary N) is 1. The number of carbonyl (C=O) groups is 1. The Kier molecular flexibility index (Phi) is 5.50. The first kappa shape index (κ1) is 15.7. The second-order valence-corrected chi connectivity index (χ2v) is 4.01. The second kappa shape index (κ2) is 6.68. The smallest absolute Gasteiger partial charge is 0.340 e. The summed E-state index contributed by atoms with van der Waals surface area (Å²) in [5.74, 6) is -2.37. The van der Waals surface area contributed by atoms with Gasteiger partial charge in [-0.2, -0.15) is 0 Å². The summed E-state index contributed by atoms with van der Waals surface area (Å²) in [6, 6.07) is 1.94. The number of benzene rings is 1. The summed E-state index contributed by atoms with van der Waals surface area (Å²) in [6.07, 6.45) is 0. The monoisotopic (exact) mass is 292 g/mol. The molecular weight excluding hydrogens is 278 g/mol. The number of rotatable bonds is 2. The maximum absolute atomic E-state index is 13.7. The number of anilines is 1. The zero-order valence-corrected chi connectivity index (χ0v) is 11.2. The lowest BCUT2D eigenvalue weighted by atomic mass is 10.1. The van der Waals surface area contributed by atoms with Crippen molar-refractivity contribution in [3.63, 3.8) is 0 Å². The first-order valence-corrected chi connectivity index (χ1v) is 5.66. The van der Waals surface area contributed by atoms with Crippen LogP contribution in [0.4, 0.5) is 14.5 Å². The zero-order valence-electron chi connectivity index (χ0n) is 10.4. The van der Waals surface area contributed by atoms with Gasteiger partial charge in [0.1, 0.15) is 11.6 Å². The molecule has 1 aliphatic rings. The summed E-state index contributed by atoms with van der Waals surface area (Å²) < 4.78 is 31.7. The Morgan fingerprint density at radius 1 is 1.26 bits per heavy atom. The molecule has 0 aliphatic carbocycles. The Morgan fingerprint density at radius 3 is 2.47 bits per heavy atom. The van der Waals surface area contributed by atoms with Crippen LogP contribution in [0.2, 0.25) is 0 Å². The average Bonchev–Trinajstić information content (AvgIpc) is 2.39. The molecule has 0 atom stereocenters. The highest BCUT2D eigenvalue weighted by Gasteiger charge is 2.20. The number of methoxy groups -OCH3 is 1. The minimum absolute atomic E-state index is 0. The van der Waals surface area contributed by atoms with E-state index in [2.05, 4.69) is 10.1 Å². The minimum atomic E-state index is -0.904. The molecule has 1 aliphatic heterocycles. The van der Waals surface area contributed by atoms with E-state index in [0.717, 1.165) is 26.3 Å². The van der Waals surface area contributed by atoms with Crippen LogP contribution < -0.4 is 10.2 Å². The molecule has 0 bridgehead atoms. The third-order valence-electron chi connectivity index (χ3n) is 2.90. The molecule has 0 spiro atoms. The lowest BCUT2D eigenvalue weighted by Gasteiger charge is -2.30. The highest BCUT2D eigenvalue weighted by atomic mass is 35.5. The number of esters is 1. The Bertz CT molecular complexity index is 465. The average molecular weight is 293 g/mol. The molecular formula is C12H15ClF2N2O2. The molecule has 2 rings (SSSR count). The zero-order chi connectivity index (χ0) is 13.1. The van der Waals surface area contributed by atoms with E-state index in [1.807, 2.05) is 0 Å². The normalized spacial score (nSPS) is 14.8. The Labute approximate surface area is 116 Å². The molecule has 0 saturated carbocycles. The van der Waals surface area contributed by atoms with Crippen molar-refractivity contribution in [2.75, 3.05) is 38.2 Å². The predicted molar refractivity (Wildman–Crippen MR) is 70.0 cm³/mol. The predicted octanol–water partition coefficient (Wildman–Crippen LogP) is 1.58. The minimum Gasteiger partial charge on any atom is -0.465 e. The van der Waals surface area contributed by atoms with Gasteiger partial charge in [0.15, 0.2) is 0 Å². The Morgan fingerprint density at radius 2 is 1.89 bits per heavy atom. The molecule has 1 aromatic carbocycles. The summed E-state index contributed by atoms with van der Waals surface area (Å²) >= 11 is 0. The molecule has 106 valence electrons. The van der Waals surface area contributed by atoms with Gasteiger partial charge in [0.2, 0.25) is 0 Å². The van der Waals surface area contributed by atoms with E-state index in [-0.39, 0.29) is 23.7 Å². The molecule has 1 N–H and O–H groups in total. The number of ether oxygens (including phenoxy) is 1. The number of nitrogens with zero attached hydrogens (tertiary/aromatic N) is 1. The highest BCUT2D eigenvalue weighted by Crippen LogP contribution is 2.24. The first-order chi connectivity index (χ1) is 8.63. The lowest BCUT2D eigenvalue weighted by Crippen LogP contribution is -2.44. The SMILES string of the molecule is COC(=O)c1cc(N2CCNCC2)c(F)cc1F.Cl. The van der Waals surface area contributed by atoms with Crippen molar-refractivity contribution in [3.05, 3.63) is 29.3 Å². The van der Waals surface area contributed by atoms with Crippen LogP contribution in [0, 0.1) is 11.6 Å². The van der Waals surface area contributed by atoms with E-state index in [9.17, 15) is 13.6 Å². The van der Waals surface area contributed by atoms with Crippen LogP contribution in [0.3, 0.4) is 0 Å². The highest BCUT2D eigenvalue weighted by molar-refractivity contribution is 5.90. The van der Waals surface area contributed by atoms with Crippen molar-refractivity contribution in [2.24, 2.45) is 0 Å². The molecule has 19 heavy (non-hydrogen) atoms. The largest absolute Gasteiger partial charge is 0.465 e. The van der Waals surface area contributed by atoms with E-state index in [1.165, 1.54) is 6.07 Å². The number of carbonyl (C=O) groups excluding carboxylic acids is 1. The lowest BCUT2D eigenvalue weighted by molar-refractivity contribution is 0.0595. The summed E-state index contributed by atoms with van der Waals surface area (Å²) in [6.45, 7) is 2.68. The Hall–Kier alpha value is -1.40. The molecule has 0 amide bonds. The van der Waals surface area contributed by atoms with E-state index in [0.29, 0.717) is 13.1 Å². The third-order valence-corrected chi connectivity index (χ3v) is 2.90. The van der Waals surface area contributed by atoms with E-state index >= 15 is 0 Å². The van der Waals surface area contributed by atoms with E-state index < -0.39 is 17.6 Å². The molecule has 0 unspecified atom stereocenters. The summed E-state index contributed by atoms with van der Waals surface area (Å²) in [7, 11) is 1.16. The van der Waals surface area contributed by atoms with Gasteiger partial charge in [-0.25, -0.2) is 13.6 Å². The van der Waals surface area contributed by atoms with Gasteiger partial charge in [-0.3, -0.25) is 0 Å². The number of hydrogen-bond donors (Lipinski definition) is 1. The van der Waals surface area contributed by atoms with Crippen LogP contribution in [0.5, 0.6) is 0 Å². The van der Waals surface area contributed by atoms with Gasteiger partial charge in [0, 0.05) is 32.2 Å².